The summed E-state index contributed by atoms with van der Waals surface area (Å²) >= 11 is 0. The molecule has 298 valence electrons. The number of unbranched alkanes of at least 4 members (excludes halogenated alkanes) is 12. The Labute approximate surface area is 313 Å². The minimum Gasteiger partial charge on any atom is -0.465 e. The molecule has 0 aromatic rings. The third kappa shape index (κ3) is 31.6. The van der Waals surface area contributed by atoms with Crippen LogP contribution < -0.4 is 0 Å². The summed E-state index contributed by atoms with van der Waals surface area (Å²) < 4.78 is 11.3. The summed E-state index contributed by atoms with van der Waals surface area (Å²) in [6.45, 7) is 20.4. The first-order chi connectivity index (χ1) is 23.8. The van der Waals surface area contributed by atoms with E-state index < -0.39 is 0 Å². The van der Waals surface area contributed by atoms with Crippen molar-refractivity contribution >= 4 is 11.9 Å². The van der Waals surface area contributed by atoms with Gasteiger partial charge in [0.2, 0.25) is 0 Å². The van der Waals surface area contributed by atoms with E-state index in [-0.39, 0.29) is 11.9 Å². The Morgan fingerprint density at radius 3 is 1.10 bits per heavy atom. The summed E-state index contributed by atoms with van der Waals surface area (Å²) in [4.78, 5) is 26.9. The van der Waals surface area contributed by atoms with Crippen molar-refractivity contribution < 1.29 is 19.1 Å². The van der Waals surface area contributed by atoms with Crippen LogP contribution in [0.4, 0.5) is 0 Å². The monoisotopic (exact) mass is 708 g/mol. The topological polar surface area (TPSA) is 55.8 Å². The molecule has 0 heterocycles. The number of ether oxygens (including phenoxy) is 2. The van der Waals surface area contributed by atoms with Crippen LogP contribution >= 0.6 is 0 Å². The van der Waals surface area contributed by atoms with Crippen LogP contribution in [0.5, 0.6) is 0 Å². The molecule has 0 bridgehead atoms. The molecular weight excluding hydrogens is 618 g/mol. The Balaban J connectivity index is 3.94. The lowest BCUT2D eigenvalue weighted by molar-refractivity contribution is -0.146. The highest BCUT2D eigenvalue weighted by atomic mass is 16.5. The summed E-state index contributed by atoms with van der Waals surface area (Å²) in [7, 11) is 4.40. The SMILES string of the molecule is CC(C)CCC(COC(=O)CCCCCCCCCC(CCCCCCCCCC(=O)OCC(CCC(C)C)C(C)C)CCN(C)C)C(C)C. The molecule has 0 aliphatic rings. The maximum Gasteiger partial charge on any atom is 0.305 e. The van der Waals surface area contributed by atoms with E-state index in [1.165, 1.54) is 103 Å². The second kappa shape index (κ2) is 32.5. The lowest BCUT2D eigenvalue weighted by Gasteiger charge is -2.21. The van der Waals surface area contributed by atoms with Gasteiger partial charge in [0, 0.05) is 12.8 Å². The summed E-state index contributed by atoms with van der Waals surface area (Å²) in [5.74, 6) is 4.38. The average molecular weight is 708 g/mol. The molecule has 0 aliphatic heterocycles. The van der Waals surface area contributed by atoms with E-state index in [0.717, 1.165) is 44.4 Å². The van der Waals surface area contributed by atoms with Crippen molar-refractivity contribution in [2.45, 2.75) is 203 Å². The Morgan fingerprint density at radius 1 is 0.440 bits per heavy atom. The van der Waals surface area contributed by atoms with Crippen molar-refractivity contribution in [1.82, 2.24) is 4.90 Å². The first-order valence-corrected chi connectivity index (χ1v) is 21.8. The zero-order chi connectivity index (χ0) is 37.6. The first kappa shape index (κ1) is 48.9. The van der Waals surface area contributed by atoms with Gasteiger partial charge in [0.15, 0.2) is 0 Å². The van der Waals surface area contributed by atoms with Gasteiger partial charge in [-0.3, -0.25) is 9.59 Å². The van der Waals surface area contributed by atoms with Crippen LogP contribution in [0.25, 0.3) is 0 Å². The van der Waals surface area contributed by atoms with Crippen molar-refractivity contribution in [3.63, 3.8) is 0 Å². The normalized spacial score (nSPS) is 13.9. The number of hydrogen-bond donors (Lipinski definition) is 0. The van der Waals surface area contributed by atoms with Crippen LogP contribution in [0.1, 0.15) is 203 Å². The largest absolute Gasteiger partial charge is 0.465 e. The van der Waals surface area contributed by atoms with Crippen molar-refractivity contribution in [2.75, 3.05) is 33.9 Å². The van der Waals surface area contributed by atoms with Crippen LogP contribution in [-0.4, -0.2) is 50.7 Å². The fourth-order valence-corrected chi connectivity index (χ4v) is 6.90. The van der Waals surface area contributed by atoms with Crippen LogP contribution in [0, 0.1) is 41.4 Å². The molecule has 0 fully saturated rings. The number of esters is 2. The number of nitrogens with zero attached hydrogens (tertiary/aromatic N) is 1. The third-order valence-electron chi connectivity index (χ3n) is 11.0. The second-order valence-corrected chi connectivity index (χ2v) is 17.8. The van der Waals surface area contributed by atoms with Gasteiger partial charge < -0.3 is 14.4 Å². The molecule has 0 aromatic carbocycles. The summed E-state index contributed by atoms with van der Waals surface area (Å²) in [5.41, 5.74) is 0. The van der Waals surface area contributed by atoms with E-state index in [0.29, 0.717) is 61.6 Å². The highest BCUT2D eigenvalue weighted by Gasteiger charge is 2.18. The average Bonchev–Trinajstić information content (AvgIpc) is 3.04. The van der Waals surface area contributed by atoms with Gasteiger partial charge in [-0.05, 0) is 94.2 Å². The molecule has 0 aromatic heterocycles. The Bertz CT molecular complexity index is 719. The molecule has 0 radical (unpaired) electrons. The molecule has 0 saturated carbocycles. The summed E-state index contributed by atoms with van der Waals surface area (Å²) in [6, 6.07) is 0. The molecular formula is C45H89NO4. The van der Waals surface area contributed by atoms with Gasteiger partial charge in [-0.25, -0.2) is 0 Å². The molecule has 2 unspecified atom stereocenters. The molecule has 2 atom stereocenters. The number of carbonyl (C=O) groups excluding carboxylic acids is 2. The van der Waals surface area contributed by atoms with Gasteiger partial charge >= 0.3 is 11.9 Å². The maximum atomic E-state index is 12.3. The quantitative estimate of drug-likeness (QED) is 0.0485. The minimum atomic E-state index is 0.000821. The van der Waals surface area contributed by atoms with Crippen molar-refractivity contribution in [3.8, 4) is 0 Å². The van der Waals surface area contributed by atoms with Crippen molar-refractivity contribution in [2.24, 2.45) is 41.4 Å². The number of carbonyl (C=O) groups is 2. The van der Waals surface area contributed by atoms with E-state index in [9.17, 15) is 9.59 Å². The summed E-state index contributed by atoms with van der Waals surface area (Å²) in [5, 5.41) is 0. The van der Waals surface area contributed by atoms with Crippen LogP contribution in [0.15, 0.2) is 0 Å². The molecule has 5 heteroatoms. The highest BCUT2D eigenvalue weighted by molar-refractivity contribution is 5.69. The lowest BCUT2D eigenvalue weighted by atomic mass is 9.89. The Kier molecular flexibility index (Phi) is 31.8. The lowest BCUT2D eigenvalue weighted by Crippen LogP contribution is -2.19. The van der Waals surface area contributed by atoms with E-state index >= 15 is 0 Å². The number of rotatable bonds is 35. The van der Waals surface area contributed by atoms with Gasteiger partial charge in [-0.2, -0.15) is 0 Å². The van der Waals surface area contributed by atoms with E-state index in [1.54, 1.807) is 0 Å². The smallest absolute Gasteiger partial charge is 0.305 e. The van der Waals surface area contributed by atoms with Gasteiger partial charge in [0.05, 0.1) is 13.2 Å². The van der Waals surface area contributed by atoms with Gasteiger partial charge in [-0.1, -0.05) is 158 Å². The van der Waals surface area contributed by atoms with Crippen molar-refractivity contribution in [1.29, 1.82) is 0 Å². The van der Waals surface area contributed by atoms with Crippen molar-refractivity contribution in [3.05, 3.63) is 0 Å². The molecule has 5 nitrogen and oxygen atoms in total. The molecule has 0 rings (SSSR count). The van der Waals surface area contributed by atoms with E-state index in [2.05, 4.69) is 74.4 Å². The summed E-state index contributed by atoms with van der Waals surface area (Å²) in [6.07, 6.45) is 27.3. The number of hydrogen-bond acceptors (Lipinski definition) is 5. The zero-order valence-corrected chi connectivity index (χ0v) is 35.5. The van der Waals surface area contributed by atoms with E-state index in [1.807, 2.05) is 0 Å². The Hall–Kier alpha value is -1.10. The fourth-order valence-electron chi connectivity index (χ4n) is 6.90. The maximum absolute atomic E-state index is 12.3. The van der Waals surface area contributed by atoms with Crippen LogP contribution in [0.3, 0.4) is 0 Å². The van der Waals surface area contributed by atoms with E-state index in [4.69, 9.17) is 9.47 Å². The predicted octanol–water partition coefficient (Wildman–Crippen LogP) is 13.1. The Morgan fingerprint density at radius 2 is 0.780 bits per heavy atom. The second-order valence-electron chi connectivity index (χ2n) is 17.8. The molecule has 0 N–H and O–H groups in total. The van der Waals surface area contributed by atoms with Crippen LogP contribution in [0.2, 0.25) is 0 Å². The van der Waals surface area contributed by atoms with Crippen LogP contribution in [-0.2, 0) is 19.1 Å². The van der Waals surface area contributed by atoms with Gasteiger partial charge in [-0.15, -0.1) is 0 Å². The zero-order valence-electron chi connectivity index (χ0n) is 35.5. The molecule has 0 amide bonds. The molecule has 0 spiro atoms. The molecule has 0 aliphatic carbocycles. The molecule has 50 heavy (non-hydrogen) atoms. The van der Waals surface area contributed by atoms with Gasteiger partial charge in [0.1, 0.15) is 0 Å². The minimum absolute atomic E-state index is 0.000821. The third-order valence-corrected chi connectivity index (χ3v) is 11.0. The first-order valence-electron chi connectivity index (χ1n) is 21.8. The fraction of sp³-hybridized carbons (Fsp3) is 0.956. The predicted molar refractivity (Wildman–Crippen MR) is 216 cm³/mol. The van der Waals surface area contributed by atoms with Gasteiger partial charge in [0.25, 0.3) is 0 Å². The standard InChI is InChI=1S/C45H89NO4/c1-37(2)29-31-42(39(5)6)35-49-44(47)27-23-19-15-11-13-17-21-25-41(33-34-46(9)10)26-22-18-14-12-16-20-24-28-45(48)50-36-43(40(7)8)32-30-38(3)4/h37-43H,11-36H2,1-10H3. The highest BCUT2D eigenvalue weighted by Crippen LogP contribution is 2.24. The molecule has 0 saturated heterocycles.